The van der Waals surface area contributed by atoms with Crippen LogP contribution in [0.25, 0.3) is 0 Å². The Labute approximate surface area is 180 Å². The van der Waals surface area contributed by atoms with Crippen LogP contribution in [0, 0.1) is 16.7 Å². The number of carbonyl (C=O) groups is 2. The van der Waals surface area contributed by atoms with Crippen LogP contribution in [0.15, 0.2) is 12.2 Å². The number of hydrogen-bond acceptors (Lipinski definition) is 7. The van der Waals surface area contributed by atoms with E-state index >= 15 is 0 Å². The minimum absolute atomic E-state index is 0.257. The van der Waals surface area contributed by atoms with E-state index in [1.165, 1.54) is 20.8 Å². The zero-order valence-corrected chi connectivity index (χ0v) is 18.7. The van der Waals surface area contributed by atoms with E-state index in [4.69, 9.17) is 9.47 Å². The van der Waals surface area contributed by atoms with Crippen LogP contribution in [0.1, 0.15) is 60.8 Å². The second kappa shape index (κ2) is 7.04. The molecule has 31 heavy (non-hydrogen) atoms. The Morgan fingerprint density at radius 3 is 2.29 bits per heavy atom. The highest BCUT2D eigenvalue weighted by Crippen LogP contribution is 2.67. The smallest absolute Gasteiger partial charge is 0.303 e. The van der Waals surface area contributed by atoms with E-state index in [0.29, 0.717) is 12.5 Å². The number of Topliss-reactive ketones (excluding diaryl/α,β-unsaturated/α-hetero) is 1. The van der Waals surface area contributed by atoms with Gasteiger partial charge in [-0.15, -0.1) is 0 Å². The van der Waals surface area contributed by atoms with Crippen LogP contribution in [0.5, 0.6) is 0 Å². The molecule has 3 aliphatic rings. The van der Waals surface area contributed by atoms with Crippen molar-refractivity contribution >= 4 is 11.8 Å². The van der Waals surface area contributed by atoms with Crippen molar-refractivity contribution < 1.29 is 43.2 Å². The maximum absolute atomic E-state index is 13.6. The summed E-state index contributed by atoms with van der Waals surface area (Å²) in [5.74, 6) is -2.45. The van der Waals surface area contributed by atoms with Gasteiger partial charge in [-0.05, 0) is 32.1 Å². The second-order valence-corrected chi connectivity index (χ2v) is 10.6. The van der Waals surface area contributed by atoms with Gasteiger partial charge in [0.25, 0.3) is 6.08 Å². The average molecular weight is 446 g/mol. The van der Waals surface area contributed by atoms with Gasteiger partial charge in [-0.25, -0.2) is 0 Å². The van der Waals surface area contributed by atoms with Crippen molar-refractivity contribution in [2.24, 2.45) is 16.7 Å². The summed E-state index contributed by atoms with van der Waals surface area (Å²) in [4.78, 5) is 25.5. The highest BCUT2D eigenvalue weighted by atomic mass is 19.3. The molecule has 0 aromatic carbocycles. The summed E-state index contributed by atoms with van der Waals surface area (Å²) in [6.45, 7) is 8.86. The first kappa shape index (κ1) is 24.2. The first-order valence-electron chi connectivity index (χ1n) is 10.5. The SMILES string of the molecule is CC(=O)O[C@H]1[C@@H](O)[C@H]2C(C)(C)CC[C@H](O)[C@]2(C)[C@@]2(O)C(=O)C[C@](C)(C=C(F)F)O[C@]12C. The Kier molecular flexibility index (Phi) is 5.50. The zero-order valence-electron chi connectivity index (χ0n) is 18.7. The molecule has 176 valence electrons. The van der Waals surface area contributed by atoms with Crippen LogP contribution in [-0.2, 0) is 19.1 Å². The predicted molar refractivity (Wildman–Crippen MR) is 105 cm³/mol. The van der Waals surface area contributed by atoms with E-state index in [0.717, 1.165) is 6.92 Å². The molecule has 7 nitrogen and oxygen atoms in total. The monoisotopic (exact) mass is 446 g/mol. The van der Waals surface area contributed by atoms with Gasteiger partial charge in [0.05, 0.1) is 17.8 Å². The molecule has 9 heteroatoms. The van der Waals surface area contributed by atoms with Crippen molar-refractivity contribution in [2.45, 2.75) is 95.9 Å². The van der Waals surface area contributed by atoms with Gasteiger partial charge in [-0.3, -0.25) is 9.59 Å². The topological polar surface area (TPSA) is 113 Å². The second-order valence-electron chi connectivity index (χ2n) is 10.6. The molecule has 2 aliphatic carbocycles. The zero-order chi connectivity index (χ0) is 23.8. The summed E-state index contributed by atoms with van der Waals surface area (Å²) >= 11 is 0. The number of esters is 1. The van der Waals surface area contributed by atoms with Crippen molar-refractivity contribution in [3.05, 3.63) is 12.2 Å². The van der Waals surface area contributed by atoms with Gasteiger partial charge in [0.15, 0.2) is 17.5 Å². The number of halogens is 2. The van der Waals surface area contributed by atoms with Crippen LogP contribution >= 0.6 is 0 Å². The molecule has 1 saturated heterocycles. The van der Waals surface area contributed by atoms with Gasteiger partial charge in [-0.2, -0.15) is 8.78 Å². The number of aliphatic hydroxyl groups excluding tert-OH is 2. The molecule has 3 fully saturated rings. The molecule has 0 amide bonds. The number of aliphatic hydroxyl groups is 3. The van der Waals surface area contributed by atoms with Gasteiger partial charge in [0, 0.05) is 30.8 Å². The van der Waals surface area contributed by atoms with Crippen molar-refractivity contribution in [1.82, 2.24) is 0 Å². The lowest BCUT2D eigenvalue weighted by atomic mass is 9.40. The Morgan fingerprint density at radius 2 is 1.77 bits per heavy atom. The number of ether oxygens (including phenoxy) is 2. The molecule has 0 radical (unpaired) electrons. The predicted octanol–water partition coefficient (Wildman–Crippen LogP) is 2.11. The van der Waals surface area contributed by atoms with Gasteiger partial charge in [-0.1, -0.05) is 20.8 Å². The molecule has 0 aromatic heterocycles. The van der Waals surface area contributed by atoms with Crippen molar-refractivity contribution in [2.75, 3.05) is 0 Å². The van der Waals surface area contributed by atoms with Crippen LogP contribution in [0.4, 0.5) is 8.78 Å². The molecule has 2 saturated carbocycles. The largest absolute Gasteiger partial charge is 0.457 e. The lowest BCUT2D eigenvalue weighted by Crippen LogP contribution is -2.86. The highest BCUT2D eigenvalue weighted by molar-refractivity contribution is 5.92. The molecule has 1 aliphatic heterocycles. The summed E-state index contributed by atoms with van der Waals surface area (Å²) in [5, 5.41) is 34.6. The van der Waals surface area contributed by atoms with Gasteiger partial charge in [0.2, 0.25) is 0 Å². The minimum atomic E-state index is -2.42. The van der Waals surface area contributed by atoms with E-state index in [1.807, 2.05) is 13.8 Å². The third-order valence-electron chi connectivity index (χ3n) is 8.00. The van der Waals surface area contributed by atoms with E-state index in [9.17, 15) is 33.7 Å². The maximum atomic E-state index is 13.6. The Morgan fingerprint density at radius 1 is 1.19 bits per heavy atom. The fourth-order valence-electron chi connectivity index (χ4n) is 6.86. The third kappa shape index (κ3) is 3.11. The number of rotatable bonds is 2. The van der Waals surface area contributed by atoms with E-state index in [1.54, 1.807) is 0 Å². The van der Waals surface area contributed by atoms with Crippen LogP contribution < -0.4 is 0 Å². The summed E-state index contributed by atoms with van der Waals surface area (Å²) in [6, 6.07) is 0. The highest BCUT2D eigenvalue weighted by Gasteiger charge is 2.81. The summed E-state index contributed by atoms with van der Waals surface area (Å²) in [7, 11) is 0. The molecule has 8 atom stereocenters. The van der Waals surface area contributed by atoms with Crippen molar-refractivity contribution in [3.8, 4) is 0 Å². The van der Waals surface area contributed by atoms with E-state index < -0.39 is 76.1 Å². The Bertz CT molecular complexity index is 825. The Hall–Kier alpha value is -1.42. The fourth-order valence-corrected chi connectivity index (χ4v) is 6.86. The molecule has 3 rings (SSSR count). The van der Waals surface area contributed by atoms with Gasteiger partial charge >= 0.3 is 5.97 Å². The molecule has 0 bridgehead atoms. The standard InChI is InChI=1S/C22H32F2O7/c1-11(25)30-17-15(28)16-18(2,3)8-7-12(26)20(16,5)22(29)13(27)9-19(4,10-14(23)24)31-21(17,22)6/h10,12,15-17,26,28-29H,7-9H2,1-6H3/t12-,15-,16-,17-,19+,20-,21+,22-/m0/s1. The summed E-state index contributed by atoms with van der Waals surface area (Å²) in [6.07, 6.45) is -5.57. The fraction of sp³-hybridized carbons (Fsp3) is 0.818. The molecule has 0 spiro atoms. The van der Waals surface area contributed by atoms with Crippen LogP contribution in [0.2, 0.25) is 0 Å². The van der Waals surface area contributed by atoms with Crippen molar-refractivity contribution in [3.63, 3.8) is 0 Å². The molecule has 0 unspecified atom stereocenters. The quantitative estimate of drug-likeness (QED) is 0.557. The molecule has 0 aromatic rings. The summed E-state index contributed by atoms with van der Waals surface area (Å²) in [5.41, 5.74) is -8.56. The van der Waals surface area contributed by atoms with Crippen molar-refractivity contribution in [1.29, 1.82) is 0 Å². The third-order valence-corrected chi connectivity index (χ3v) is 8.00. The molecular weight excluding hydrogens is 414 g/mol. The normalized spacial score (nSPS) is 48.9. The number of carbonyl (C=O) groups excluding carboxylic acids is 2. The average Bonchev–Trinajstić information content (AvgIpc) is 2.58. The van der Waals surface area contributed by atoms with Crippen LogP contribution in [-0.4, -0.2) is 62.2 Å². The van der Waals surface area contributed by atoms with E-state index in [2.05, 4.69) is 0 Å². The number of ketones is 1. The van der Waals surface area contributed by atoms with Gasteiger partial charge < -0.3 is 24.8 Å². The maximum Gasteiger partial charge on any atom is 0.303 e. The number of fused-ring (bicyclic) bond motifs is 3. The van der Waals surface area contributed by atoms with Gasteiger partial charge in [0.1, 0.15) is 5.60 Å². The number of hydrogen-bond donors (Lipinski definition) is 3. The lowest BCUT2D eigenvalue weighted by Gasteiger charge is -2.71. The van der Waals surface area contributed by atoms with Crippen LogP contribution in [0.3, 0.4) is 0 Å². The van der Waals surface area contributed by atoms with E-state index in [-0.39, 0.29) is 6.42 Å². The minimum Gasteiger partial charge on any atom is -0.457 e. The Balaban J connectivity index is 2.32. The molecule has 1 heterocycles. The first-order chi connectivity index (χ1) is 14.0. The molecule has 3 N–H and O–H groups in total. The summed E-state index contributed by atoms with van der Waals surface area (Å²) < 4.78 is 37.7. The molecular formula is C22H32F2O7. The lowest BCUT2D eigenvalue weighted by molar-refractivity contribution is -0.370. The first-order valence-corrected chi connectivity index (χ1v) is 10.5.